The Hall–Kier alpha value is -1.68. The van der Waals surface area contributed by atoms with Gasteiger partial charge in [0.15, 0.2) is 0 Å². The fourth-order valence-corrected chi connectivity index (χ4v) is 4.42. The van der Waals surface area contributed by atoms with E-state index in [9.17, 15) is 10.1 Å². The summed E-state index contributed by atoms with van der Waals surface area (Å²) >= 11 is 0. The summed E-state index contributed by atoms with van der Waals surface area (Å²) in [7, 11) is 0. The average Bonchev–Trinajstić information content (AvgIpc) is 2.54. The van der Waals surface area contributed by atoms with Crippen molar-refractivity contribution in [3.8, 4) is 0 Å². The van der Waals surface area contributed by atoms with Crippen LogP contribution in [-0.4, -0.2) is 23.2 Å². The van der Waals surface area contributed by atoms with Crippen molar-refractivity contribution >= 4 is 0 Å². The molecule has 1 aliphatic carbocycles. The van der Waals surface area contributed by atoms with Gasteiger partial charge in [-0.05, 0) is 24.8 Å². The van der Waals surface area contributed by atoms with Gasteiger partial charge < -0.3 is 4.74 Å². The quantitative estimate of drug-likeness (QED) is 0.480. The van der Waals surface area contributed by atoms with Crippen LogP contribution in [0.1, 0.15) is 43.6 Å². The zero-order valence-corrected chi connectivity index (χ0v) is 12.8. The van der Waals surface area contributed by atoms with Crippen molar-refractivity contribution in [3.05, 3.63) is 58.7 Å². The van der Waals surface area contributed by atoms with Crippen LogP contribution < -0.4 is 0 Å². The molecule has 4 heteroatoms. The second-order valence-electron chi connectivity index (χ2n) is 6.51. The van der Waals surface area contributed by atoms with Crippen LogP contribution in [-0.2, 0) is 4.74 Å². The molecule has 1 heterocycles. The summed E-state index contributed by atoms with van der Waals surface area (Å²) in [6.45, 7) is 4.08. The Morgan fingerprint density at radius 1 is 1.36 bits per heavy atom. The second-order valence-corrected chi connectivity index (χ2v) is 6.51. The number of benzene rings is 1. The van der Waals surface area contributed by atoms with E-state index in [1.54, 1.807) is 0 Å². The van der Waals surface area contributed by atoms with Crippen molar-refractivity contribution in [2.45, 2.75) is 49.7 Å². The first-order chi connectivity index (χ1) is 10.7. The van der Waals surface area contributed by atoms with Crippen LogP contribution in [0.2, 0.25) is 0 Å². The van der Waals surface area contributed by atoms with E-state index < -0.39 is 6.04 Å². The highest BCUT2D eigenvalue weighted by Crippen LogP contribution is 2.51. The molecule has 0 spiro atoms. The molecule has 4 nitrogen and oxygen atoms in total. The van der Waals surface area contributed by atoms with Crippen LogP contribution in [0.4, 0.5) is 0 Å². The predicted octanol–water partition coefficient (Wildman–Crippen LogP) is 3.95. The van der Waals surface area contributed by atoms with Crippen molar-refractivity contribution in [1.29, 1.82) is 0 Å². The van der Waals surface area contributed by atoms with E-state index >= 15 is 0 Å². The maximum Gasteiger partial charge on any atom is 0.243 e. The Balaban J connectivity index is 2.02. The van der Waals surface area contributed by atoms with Gasteiger partial charge in [-0.1, -0.05) is 49.2 Å². The van der Waals surface area contributed by atoms with Gasteiger partial charge in [-0.15, -0.1) is 6.58 Å². The number of fused-ring (bicyclic) bond motifs is 1. The highest BCUT2D eigenvalue weighted by Gasteiger charge is 2.54. The van der Waals surface area contributed by atoms with E-state index in [4.69, 9.17) is 4.74 Å². The molecule has 0 unspecified atom stereocenters. The first kappa shape index (κ1) is 15.2. The lowest BCUT2D eigenvalue weighted by atomic mass is 9.62. The Morgan fingerprint density at radius 3 is 2.82 bits per heavy atom. The minimum atomic E-state index is -0.650. The van der Waals surface area contributed by atoms with E-state index in [0.29, 0.717) is 0 Å². The fraction of sp³-hybridized carbons (Fsp3) is 0.556. The van der Waals surface area contributed by atoms with Gasteiger partial charge in [-0.25, -0.2) is 0 Å². The first-order valence-electron chi connectivity index (χ1n) is 8.11. The van der Waals surface area contributed by atoms with Gasteiger partial charge in [-0.2, -0.15) is 0 Å². The highest BCUT2D eigenvalue weighted by molar-refractivity contribution is 5.25. The largest absolute Gasteiger partial charge is 0.367 e. The summed E-state index contributed by atoms with van der Waals surface area (Å²) in [5.74, 6) is 0.135. The van der Waals surface area contributed by atoms with Crippen molar-refractivity contribution in [3.63, 3.8) is 0 Å². The molecular weight excluding hydrogens is 278 g/mol. The lowest BCUT2D eigenvalue weighted by Gasteiger charge is -2.51. The third-order valence-corrected chi connectivity index (χ3v) is 5.38. The Bertz CT molecular complexity index is 545. The molecule has 1 aliphatic heterocycles. The molecule has 0 aromatic heterocycles. The van der Waals surface area contributed by atoms with Crippen LogP contribution in [0, 0.1) is 16.0 Å². The van der Waals surface area contributed by atoms with E-state index in [0.717, 1.165) is 37.7 Å². The molecular formula is C18H23NO3. The zero-order valence-electron chi connectivity index (χ0n) is 12.8. The van der Waals surface area contributed by atoms with Gasteiger partial charge in [0.2, 0.25) is 6.04 Å². The number of nitro groups is 1. The van der Waals surface area contributed by atoms with Crippen molar-refractivity contribution < 1.29 is 9.66 Å². The third-order valence-electron chi connectivity index (χ3n) is 5.38. The van der Waals surface area contributed by atoms with E-state index in [-0.39, 0.29) is 29.0 Å². The summed E-state index contributed by atoms with van der Waals surface area (Å²) in [6, 6.07) is 9.31. The number of hydrogen-bond acceptors (Lipinski definition) is 3. The topological polar surface area (TPSA) is 52.4 Å². The predicted molar refractivity (Wildman–Crippen MR) is 85.4 cm³/mol. The average molecular weight is 301 g/mol. The molecule has 1 aromatic carbocycles. The van der Waals surface area contributed by atoms with Gasteiger partial charge in [0.05, 0.1) is 11.5 Å². The van der Waals surface area contributed by atoms with E-state index in [2.05, 4.69) is 6.58 Å². The molecule has 2 fully saturated rings. The minimum absolute atomic E-state index is 0.0646. The number of nitrogens with zero attached hydrogens (tertiary/aromatic N) is 1. The number of rotatable bonds is 4. The maximum atomic E-state index is 11.6. The van der Waals surface area contributed by atoms with Gasteiger partial charge in [0.25, 0.3) is 0 Å². The Labute approximate surface area is 131 Å². The van der Waals surface area contributed by atoms with Gasteiger partial charge in [0.1, 0.15) is 6.61 Å². The Morgan fingerprint density at radius 2 is 2.14 bits per heavy atom. The molecule has 3 rings (SSSR count). The van der Waals surface area contributed by atoms with Crippen LogP contribution in [0.3, 0.4) is 0 Å². The zero-order chi connectivity index (χ0) is 15.6. The molecule has 0 N–H and O–H groups in total. The highest BCUT2D eigenvalue weighted by atomic mass is 16.6. The fourth-order valence-electron chi connectivity index (χ4n) is 4.42. The summed E-state index contributed by atoms with van der Waals surface area (Å²) < 4.78 is 6.12. The summed E-state index contributed by atoms with van der Waals surface area (Å²) in [5.41, 5.74) is 0.820. The van der Waals surface area contributed by atoms with Crippen molar-refractivity contribution in [2.75, 3.05) is 6.61 Å². The van der Waals surface area contributed by atoms with Crippen LogP contribution in [0.15, 0.2) is 43.0 Å². The lowest BCUT2D eigenvalue weighted by Crippen LogP contribution is -2.56. The third kappa shape index (κ3) is 2.56. The number of hydrogen-bond donors (Lipinski definition) is 0. The summed E-state index contributed by atoms with van der Waals surface area (Å²) in [5, 5.41) is 11.6. The first-order valence-corrected chi connectivity index (χ1v) is 8.11. The monoisotopic (exact) mass is 301 g/mol. The molecule has 1 saturated heterocycles. The van der Waals surface area contributed by atoms with Gasteiger partial charge in [-0.3, -0.25) is 10.1 Å². The van der Waals surface area contributed by atoms with Crippen LogP contribution in [0.25, 0.3) is 0 Å². The molecule has 22 heavy (non-hydrogen) atoms. The van der Waals surface area contributed by atoms with Crippen molar-refractivity contribution in [2.24, 2.45) is 5.92 Å². The van der Waals surface area contributed by atoms with E-state index in [1.165, 1.54) is 0 Å². The summed E-state index contributed by atoms with van der Waals surface area (Å²) in [6.07, 6.45) is 6.93. The van der Waals surface area contributed by atoms with E-state index in [1.807, 2.05) is 36.4 Å². The SMILES string of the molecule is C=CC[C@]12CCCC[C@@H]1[C@@H](c1ccccc1)[C@H]([N+](=O)[O-])CO2. The molecule has 0 bridgehead atoms. The summed E-state index contributed by atoms with van der Waals surface area (Å²) in [4.78, 5) is 11.4. The Kier molecular flexibility index (Phi) is 4.30. The smallest absolute Gasteiger partial charge is 0.243 e. The standard InChI is InChI=1S/C18H23NO3/c1-2-11-18-12-7-6-10-15(18)17(14-8-4-3-5-9-14)16(13-22-18)19(20)21/h2-5,8-9,15-17H,1,6-7,10-13H2/t15-,16-,17-,18+/m1/s1. The molecule has 118 valence electrons. The molecule has 2 aliphatic rings. The molecule has 1 saturated carbocycles. The second kappa shape index (κ2) is 6.21. The maximum absolute atomic E-state index is 11.6. The van der Waals surface area contributed by atoms with Crippen LogP contribution in [0.5, 0.6) is 0 Å². The molecule has 0 amide bonds. The minimum Gasteiger partial charge on any atom is -0.367 e. The van der Waals surface area contributed by atoms with Crippen molar-refractivity contribution in [1.82, 2.24) is 0 Å². The molecule has 0 radical (unpaired) electrons. The molecule has 1 aromatic rings. The molecule has 4 atom stereocenters. The van der Waals surface area contributed by atoms with Gasteiger partial charge >= 0.3 is 0 Å². The lowest BCUT2D eigenvalue weighted by molar-refractivity contribution is -0.542. The number of ether oxygens (including phenoxy) is 1. The van der Waals surface area contributed by atoms with Gasteiger partial charge in [0, 0.05) is 10.8 Å². The normalized spacial score (nSPS) is 34.6. The van der Waals surface area contributed by atoms with Crippen LogP contribution >= 0.6 is 0 Å².